The molecule has 2 aromatic heterocycles. The van der Waals surface area contributed by atoms with E-state index in [1.807, 2.05) is 73.1 Å². The van der Waals surface area contributed by atoms with Crippen LogP contribution in [0.5, 0.6) is 0 Å². The fourth-order valence-electron chi connectivity index (χ4n) is 4.28. The number of azo groups is 2. The summed E-state index contributed by atoms with van der Waals surface area (Å²) in [6.07, 6.45) is 5.67. The van der Waals surface area contributed by atoms with Crippen molar-refractivity contribution >= 4 is 44.6 Å². The van der Waals surface area contributed by atoms with Crippen LogP contribution in [0.3, 0.4) is 0 Å². The van der Waals surface area contributed by atoms with Gasteiger partial charge in [-0.2, -0.15) is 10.2 Å². The number of H-pyrrole nitrogens is 2. The van der Waals surface area contributed by atoms with Gasteiger partial charge in [-0.25, -0.2) is 0 Å². The first kappa shape index (κ1) is 21.7. The molecule has 0 radical (unpaired) electrons. The fraction of sp³-hybridized carbons (Fsp3) is 0.0667. The zero-order valence-corrected chi connectivity index (χ0v) is 19.6. The first-order valence-corrected chi connectivity index (χ1v) is 12.0. The molecule has 0 amide bonds. The van der Waals surface area contributed by atoms with Crippen LogP contribution in [0.1, 0.15) is 11.1 Å². The smallest absolute Gasteiger partial charge is 0.111 e. The minimum Gasteiger partial charge on any atom is -0.359 e. The number of aryl methyl sites for hydroxylation is 2. The van der Waals surface area contributed by atoms with Crippen LogP contribution in [0.4, 0.5) is 22.7 Å². The number of nitrogens with zero attached hydrogens (tertiary/aromatic N) is 4. The van der Waals surface area contributed by atoms with E-state index in [0.717, 1.165) is 57.4 Å². The van der Waals surface area contributed by atoms with Crippen molar-refractivity contribution in [2.45, 2.75) is 12.8 Å². The number of aromatic amines is 2. The van der Waals surface area contributed by atoms with Gasteiger partial charge in [0.1, 0.15) is 11.4 Å². The van der Waals surface area contributed by atoms with Crippen LogP contribution in [0.15, 0.2) is 130 Å². The molecule has 0 aliphatic carbocycles. The van der Waals surface area contributed by atoms with E-state index in [4.69, 9.17) is 0 Å². The standard InChI is InChI=1S/C30H24N6/c1-3-7-23(8-4-1)33-35-29-19-31-27-15-13-21(17-25(27)29)11-12-22-14-16-28-26(18-22)30(20-32-28)36-34-24-9-5-2-6-10-24/h1-10,13-20,31-32H,11-12H2. The third-order valence-corrected chi connectivity index (χ3v) is 6.21. The van der Waals surface area contributed by atoms with E-state index in [-0.39, 0.29) is 0 Å². The molecule has 2 heterocycles. The third kappa shape index (κ3) is 4.70. The molecular weight excluding hydrogens is 444 g/mol. The molecule has 0 unspecified atom stereocenters. The van der Waals surface area contributed by atoms with Crippen LogP contribution in [-0.4, -0.2) is 9.97 Å². The normalized spacial score (nSPS) is 11.9. The maximum atomic E-state index is 4.47. The van der Waals surface area contributed by atoms with E-state index < -0.39 is 0 Å². The summed E-state index contributed by atoms with van der Waals surface area (Å²) in [5, 5.41) is 19.9. The first-order valence-electron chi connectivity index (χ1n) is 12.0. The number of rotatable bonds is 7. The fourth-order valence-corrected chi connectivity index (χ4v) is 4.28. The van der Waals surface area contributed by atoms with Crippen LogP contribution >= 0.6 is 0 Å². The lowest BCUT2D eigenvalue weighted by atomic mass is 10.0. The average molecular weight is 469 g/mol. The van der Waals surface area contributed by atoms with Crippen LogP contribution in [0.25, 0.3) is 21.8 Å². The van der Waals surface area contributed by atoms with Gasteiger partial charge in [-0.05, 0) is 72.5 Å². The Morgan fingerprint density at radius 2 is 0.917 bits per heavy atom. The highest BCUT2D eigenvalue weighted by Gasteiger charge is 2.07. The molecule has 36 heavy (non-hydrogen) atoms. The second-order valence-electron chi connectivity index (χ2n) is 8.68. The molecule has 2 N–H and O–H groups in total. The van der Waals surface area contributed by atoms with E-state index >= 15 is 0 Å². The number of hydrogen-bond acceptors (Lipinski definition) is 4. The Morgan fingerprint density at radius 3 is 1.36 bits per heavy atom. The second-order valence-corrected chi connectivity index (χ2v) is 8.68. The quantitative estimate of drug-likeness (QED) is 0.219. The molecule has 0 spiro atoms. The van der Waals surface area contributed by atoms with E-state index in [1.54, 1.807) is 0 Å². The second kappa shape index (κ2) is 9.80. The van der Waals surface area contributed by atoms with Gasteiger partial charge in [-0.15, -0.1) is 10.2 Å². The van der Waals surface area contributed by atoms with Crippen molar-refractivity contribution in [1.29, 1.82) is 0 Å². The first-order chi connectivity index (χ1) is 17.8. The maximum Gasteiger partial charge on any atom is 0.111 e. The Kier molecular flexibility index (Phi) is 5.90. The van der Waals surface area contributed by atoms with Crippen LogP contribution in [0.2, 0.25) is 0 Å². The van der Waals surface area contributed by atoms with Crippen molar-refractivity contribution in [2.24, 2.45) is 20.5 Å². The van der Waals surface area contributed by atoms with Crippen molar-refractivity contribution in [3.05, 3.63) is 121 Å². The molecule has 0 saturated heterocycles. The Balaban J connectivity index is 1.20. The van der Waals surface area contributed by atoms with Crippen LogP contribution in [-0.2, 0) is 12.8 Å². The predicted octanol–water partition coefficient (Wildman–Crippen LogP) is 9.27. The molecule has 6 heteroatoms. The summed E-state index contributed by atoms with van der Waals surface area (Å²) in [4.78, 5) is 6.59. The van der Waals surface area contributed by atoms with Crippen molar-refractivity contribution in [3.8, 4) is 0 Å². The highest BCUT2D eigenvalue weighted by atomic mass is 15.1. The van der Waals surface area contributed by atoms with Gasteiger partial charge in [0.15, 0.2) is 0 Å². The van der Waals surface area contributed by atoms with Crippen molar-refractivity contribution in [3.63, 3.8) is 0 Å². The topological polar surface area (TPSA) is 81.0 Å². The molecule has 0 atom stereocenters. The minimum atomic E-state index is 0.839. The van der Waals surface area contributed by atoms with E-state index in [0.29, 0.717) is 0 Å². The van der Waals surface area contributed by atoms with Gasteiger partial charge in [0.2, 0.25) is 0 Å². The van der Waals surface area contributed by atoms with Gasteiger partial charge in [-0.1, -0.05) is 48.5 Å². The summed E-state index contributed by atoms with van der Waals surface area (Å²) in [6, 6.07) is 32.5. The van der Waals surface area contributed by atoms with Gasteiger partial charge in [0, 0.05) is 34.2 Å². The van der Waals surface area contributed by atoms with Gasteiger partial charge in [0.25, 0.3) is 0 Å². The minimum absolute atomic E-state index is 0.839. The lowest BCUT2D eigenvalue weighted by Gasteiger charge is -2.04. The maximum absolute atomic E-state index is 4.47. The average Bonchev–Trinajstić information content (AvgIpc) is 3.54. The lowest BCUT2D eigenvalue weighted by Crippen LogP contribution is -1.91. The summed E-state index contributed by atoms with van der Waals surface area (Å²) in [7, 11) is 0. The highest BCUT2D eigenvalue weighted by molar-refractivity contribution is 5.92. The van der Waals surface area contributed by atoms with E-state index in [2.05, 4.69) is 66.8 Å². The predicted molar refractivity (Wildman–Crippen MR) is 145 cm³/mol. The zero-order chi connectivity index (χ0) is 24.2. The molecule has 6 nitrogen and oxygen atoms in total. The monoisotopic (exact) mass is 468 g/mol. The molecule has 0 aliphatic rings. The van der Waals surface area contributed by atoms with Gasteiger partial charge in [-0.3, -0.25) is 0 Å². The lowest BCUT2D eigenvalue weighted by molar-refractivity contribution is 0.964. The van der Waals surface area contributed by atoms with Crippen LogP contribution < -0.4 is 0 Å². The summed E-state index contributed by atoms with van der Waals surface area (Å²) in [5.41, 5.74) is 8.01. The van der Waals surface area contributed by atoms with Crippen molar-refractivity contribution in [1.82, 2.24) is 9.97 Å². The number of aromatic nitrogens is 2. The molecule has 174 valence electrons. The Labute approximate surface area is 208 Å². The number of nitrogens with one attached hydrogen (secondary N) is 2. The highest BCUT2D eigenvalue weighted by Crippen LogP contribution is 2.31. The zero-order valence-electron chi connectivity index (χ0n) is 19.6. The molecule has 6 rings (SSSR count). The molecule has 0 fully saturated rings. The molecule has 4 aromatic carbocycles. The molecule has 0 aliphatic heterocycles. The number of benzene rings is 4. The van der Waals surface area contributed by atoms with Crippen molar-refractivity contribution in [2.75, 3.05) is 0 Å². The summed E-state index contributed by atoms with van der Waals surface area (Å²) in [6.45, 7) is 0. The van der Waals surface area contributed by atoms with Gasteiger partial charge >= 0.3 is 0 Å². The Hall–Kier alpha value is -4.84. The number of hydrogen-bond donors (Lipinski definition) is 2. The van der Waals surface area contributed by atoms with Crippen LogP contribution in [0, 0.1) is 0 Å². The summed E-state index contributed by atoms with van der Waals surface area (Å²) in [5.74, 6) is 0. The number of fused-ring (bicyclic) bond motifs is 2. The largest absolute Gasteiger partial charge is 0.359 e. The summed E-state index contributed by atoms with van der Waals surface area (Å²) < 4.78 is 0. The molecule has 0 saturated carbocycles. The molecular formula is C30H24N6. The third-order valence-electron chi connectivity index (χ3n) is 6.21. The van der Waals surface area contributed by atoms with E-state index in [9.17, 15) is 0 Å². The molecule has 0 bridgehead atoms. The molecule has 6 aromatic rings. The Bertz CT molecular complexity index is 1550. The van der Waals surface area contributed by atoms with E-state index in [1.165, 1.54) is 11.1 Å². The van der Waals surface area contributed by atoms with Gasteiger partial charge in [0.05, 0.1) is 11.4 Å². The van der Waals surface area contributed by atoms with Crippen molar-refractivity contribution < 1.29 is 0 Å². The Morgan fingerprint density at radius 1 is 0.472 bits per heavy atom. The van der Waals surface area contributed by atoms with Gasteiger partial charge < -0.3 is 9.97 Å². The summed E-state index contributed by atoms with van der Waals surface area (Å²) >= 11 is 0. The SMILES string of the molecule is c1ccc(N=Nc2c[nH]c3ccc(CCc4ccc5[nH]cc(N=Nc6ccccc6)c5c4)cc23)cc1.